The molecule has 1 aliphatic rings. The molecule has 3 nitrogen and oxygen atoms in total. The summed E-state index contributed by atoms with van der Waals surface area (Å²) in [6.07, 6.45) is 2.44. The van der Waals surface area contributed by atoms with Gasteiger partial charge in [-0.05, 0) is 43.9 Å². The van der Waals surface area contributed by atoms with Crippen LogP contribution < -0.4 is 0 Å². The first-order valence-corrected chi connectivity index (χ1v) is 7.22. The molecule has 0 unspecified atom stereocenters. The van der Waals surface area contributed by atoms with Crippen molar-refractivity contribution in [3.05, 3.63) is 34.3 Å². The smallest absolute Gasteiger partial charge is 0.253 e. The average Bonchev–Trinajstić information content (AvgIpc) is 3.26. The van der Waals surface area contributed by atoms with Crippen LogP contribution in [0.4, 0.5) is 0 Å². The molecule has 20 heavy (non-hydrogen) atoms. The number of amides is 1. The monoisotopic (exact) mass is 291 g/mol. The molecule has 1 aliphatic carbocycles. The second-order valence-corrected chi connectivity index (χ2v) is 5.35. The van der Waals surface area contributed by atoms with Gasteiger partial charge in [0, 0.05) is 24.2 Å². The molecule has 0 spiro atoms. The number of benzene rings is 1. The van der Waals surface area contributed by atoms with Crippen LogP contribution in [-0.4, -0.2) is 35.6 Å². The fraction of sp³-hybridized carbons (Fsp3) is 0.438. The zero-order valence-electron chi connectivity index (χ0n) is 11.5. The molecular formula is C16H18ClNO2. The van der Waals surface area contributed by atoms with E-state index in [-0.39, 0.29) is 12.5 Å². The lowest BCUT2D eigenvalue weighted by Crippen LogP contribution is -2.32. The van der Waals surface area contributed by atoms with Gasteiger partial charge in [-0.1, -0.05) is 23.4 Å². The lowest BCUT2D eigenvalue weighted by atomic mass is 10.1. The predicted octanol–water partition coefficient (Wildman–Crippen LogP) is 2.56. The van der Waals surface area contributed by atoms with Crippen LogP contribution in [0, 0.1) is 17.8 Å². The Hall–Kier alpha value is -1.50. The minimum atomic E-state index is -0.206. The molecule has 0 bridgehead atoms. The van der Waals surface area contributed by atoms with E-state index in [2.05, 4.69) is 11.8 Å². The molecule has 1 N–H and O–H groups in total. The van der Waals surface area contributed by atoms with Crippen molar-refractivity contribution in [1.82, 2.24) is 4.90 Å². The third-order valence-electron chi connectivity index (χ3n) is 3.36. The lowest BCUT2D eigenvalue weighted by Gasteiger charge is -2.21. The van der Waals surface area contributed by atoms with Crippen LogP contribution in [0.25, 0.3) is 0 Å². The number of hydrogen-bond donors (Lipinski definition) is 1. The van der Waals surface area contributed by atoms with Gasteiger partial charge >= 0.3 is 0 Å². The van der Waals surface area contributed by atoms with Crippen LogP contribution in [0.1, 0.15) is 35.7 Å². The highest BCUT2D eigenvalue weighted by molar-refractivity contribution is 6.32. The first-order valence-electron chi connectivity index (χ1n) is 6.84. The van der Waals surface area contributed by atoms with Gasteiger partial charge in [0.05, 0.1) is 5.02 Å². The van der Waals surface area contributed by atoms with Crippen molar-refractivity contribution in [2.24, 2.45) is 5.92 Å². The summed E-state index contributed by atoms with van der Waals surface area (Å²) in [6, 6.07) is 5.12. The summed E-state index contributed by atoms with van der Waals surface area (Å²) in [7, 11) is 0. The molecule has 0 atom stereocenters. The molecule has 106 valence electrons. The highest BCUT2D eigenvalue weighted by Gasteiger charge is 2.26. The van der Waals surface area contributed by atoms with Gasteiger partial charge in [0.15, 0.2) is 0 Å². The highest BCUT2D eigenvalue weighted by atomic mass is 35.5. The van der Waals surface area contributed by atoms with E-state index < -0.39 is 0 Å². The van der Waals surface area contributed by atoms with Gasteiger partial charge in [0.25, 0.3) is 5.91 Å². The summed E-state index contributed by atoms with van der Waals surface area (Å²) in [6.45, 7) is 3.32. The standard InChI is InChI=1S/C16H18ClNO2/c1-2-18(11-12-5-6-12)16(20)14-8-7-13(4-3-9-19)15(17)10-14/h7-8,10,12,19H,2,5-6,9,11H2,1H3. The Balaban J connectivity index is 2.14. The van der Waals surface area contributed by atoms with Crippen LogP contribution in [0.5, 0.6) is 0 Å². The molecule has 4 heteroatoms. The predicted molar refractivity (Wildman–Crippen MR) is 79.7 cm³/mol. The summed E-state index contributed by atoms with van der Waals surface area (Å²) >= 11 is 6.12. The molecule has 1 fully saturated rings. The fourth-order valence-corrected chi connectivity index (χ4v) is 2.26. The molecule has 0 saturated heterocycles. The van der Waals surface area contributed by atoms with Gasteiger partial charge in [-0.15, -0.1) is 0 Å². The van der Waals surface area contributed by atoms with Crippen LogP contribution in [-0.2, 0) is 0 Å². The first kappa shape index (κ1) is 14.9. The summed E-state index contributed by atoms with van der Waals surface area (Å²) in [5.74, 6) is 5.99. The number of hydrogen-bond acceptors (Lipinski definition) is 2. The van der Waals surface area contributed by atoms with Gasteiger partial charge in [0.1, 0.15) is 6.61 Å². The molecule has 0 aromatic heterocycles. The SMILES string of the molecule is CCN(CC1CC1)C(=O)c1ccc(C#CCO)c(Cl)c1. The van der Waals surface area contributed by atoms with E-state index in [1.165, 1.54) is 12.8 Å². The average molecular weight is 292 g/mol. The Morgan fingerprint density at radius 3 is 2.80 bits per heavy atom. The number of nitrogens with zero attached hydrogens (tertiary/aromatic N) is 1. The van der Waals surface area contributed by atoms with E-state index in [4.69, 9.17) is 16.7 Å². The molecule has 1 amide bonds. The number of carbonyl (C=O) groups excluding carboxylic acids is 1. The number of carbonyl (C=O) groups is 1. The first-order chi connectivity index (χ1) is 9.65. The van der Waals surface area contributed by atoms with Crippen molar-refractivity contribution >= 4 is 17.5 Å². The van der Waals surface area contributed by atoms with E-state index in [0.29, 0.717) is 28.6 Å². The van der Waals surface area contributed by atoms with E-state index in [1.54, 1.807) is 18.2 Å². The number of aliphatic hydroxyl groups excluding tert-OH is 1. The minimum Gasteiger partial charge on any atom is -0.384 e. The molecule has 1 saturated carbocycles. The van der Waals surface area contributed by atoms with Gasteiger partial charge in [-0.25, -0.2) is 0 Å². The normalized spacial score (nSPS) is 13.6. The van der Waals surface area contributed by atoms with Crippen LogP contribution in [0.2, 0.25) is 5.02 Å². The van der Waals surface area contributed by atoms with E-state index in [0.717, 1.165) is 6.54 Å². The lowest BCUT2D eigenvalue weighted by molar-refractivity contribution is 0.0757. The third kappa shape index (κ3) is 3.75. The second kappa shape index (κ2) is 6.78. The van der Waals surface area contributed by atoms with Crippen molar-refractivity contribution in [3.8, 4) is 11.8 Å². The molecule has 0 heterocycles. The number of aliphatic hydroxyl groups is 1. The van der Waals surface area contributed by atoms with Crippen molar-refractivity contribution in [1.29, 1.82) is 0 Å². The van der Waals surface area contributed by atoms with Crippen LogP contribution in [0.3, 0.4) is 0 Å². The zero-order valence-corrected chi connectivity index (χ0v) is 12.3. The maximum Gasteiger partial charge on any atom is 0.253 e. The molecular weight excluding hydrogens is 274 g/mol. The highest BCUT2D eigenvalue weighted by Crippen LogP contribution is 2.30. The molecule has 1 aromatic carbocycles. The van der Waals surface area contributed by atoms with Gasteiger partial charge in [0.2, 0.25) is 0 Å². The van der Waals surface area contributed by atoms with E-state index >= 15 is 0 Å². The zero-order chi connectivity index (χ0) is 14.5. The summed E-state index contributed by atoms with van der Waals surface area (Å²) < 4.78 is 0. The second-order valence-electron chi connectivity index (χ2n) is 4.94. The molecule has 1 aromatic rings. The minimum absolute atomic E-state index is 0.0166. The maximum atomic E-state index is 12.4. The van der Waals surface area contributed by atoms with Crippen LogP contribution in [0.15, 0.2) is 18.2 Å². The Morgan fingerprint density at radius 2 is 2.25 bits per heavy atom. The number of rotatable bonds is 4. The Bertz CT molecular complexity index is 555. The van der Waals surface area contributed by atoms with E-state index in [9.17, 15) is 4.79 Å². The summed E-state index contributed by atoms with van der Waals surface area (Å²) in [5, 5.41) is 9.12. The van der Waals surface area contributed by atoms with Gasteiger partial charge < -0.3 is 10.0 Å². The largest absolute Gasteiger partial charge is 0.384 e. The van der Waals surface area contributed by atoms with Gasteiger partial charge in [-0.2, -0.15) is 0 Å². The molecule has 0 radical (unpaired) electrons. The number of halogens is 1. The van der Waals surface area contributed by atoms with Crippen molar-refractivity contribution in [2.45, 2.75) is 19.8 Å². The fourth-order valence-electron chi connectivity index (χ4n) is 2.03. The third-order valence-corrected chi connectivity index (χ3v) is 3.68. The summed E-state index contributed by atoms with van der Waals surface area (Å²) in [4.78, 5) is 14.3. The Morgan fingerprint density at radius 1 is 1.50 bits per heavy atom. The topological polar surface area (TPSA) is 40.5 Å². The van der Waals surface area contributed by atoms with Crippen molar-refractivity contribution in [3.63, 3.8) is 0 Å². The van der Waals surface area contributed by atoms with Crippen LogP contribution >= 0.6 is 11.6 Å². The molecule has 2 rings (SSSR count). The Kier molecular flexibility index (Phi) is 5.05. The maximum absolute atomic E-state index is 12.4. The Labute approximate surface area is 124 Å². The van der Waals surface area contributed by atoms with Crippen molar-refractivity contribution < 1.29 is 9.90 Å². The van der Waals surface area contributed by atoms with Gasteiger partial charge in [-0.3, -0.25) is 4.79 Å². The summed E-state index contributed by atoms with van der Waals surface area (Å²) in [5.41, 5.74) is 1.22. The van der Waals surface area contributed by atoms with Crippen molar-refractivity contribution in [2.75, 3.05) is 19.7 Å². The van der Waals surface area contributed by atoms with E-state index in [1.807, 2.05) is 11.8 Å². The molecule has 0 aliphatic heterocycles. The quantitative estimate of drug-likeness (QED) is 0.866.